The molecule has 3 rings (SSSR count). The van der Waals surface area contributed by atoms with Crippen molar-refractivity contribution in [3.8, 4) is 5.88 Å². The number of halogens is 1. The second kappa shape index (κ2) is 8.94. The molecule has 0 spiro atoms. The van der Waals surface area contributed by atoms with Gasteiger partial charge >= 0.3 is 0 Å². The van der Waals surface area contributed by atoms with E-state index in [1.165, 1.54) is 10.5 Å². The fraction of sp³-hybridized carbons (Fsp3) is 0.412. The van der Waals surface area contributed by atoms with E-state index in [0.717, 1.165) is 0 Å². The number of nitrogens with zero attached hydrogens (tertiary/aromatic N) is 3. The summed E-state index contributed by atoms with van der Waals surface area (Å²) in [6.07, 6.45) is 5.65. The number of ether oxygens (including phenoxy) is 1. The molecular formula is C17H21ClN4O4S. The highest BCUT2D eigenvalue weighted by atomic mass is 35.5. The number of sulfonamides is 1. The Kier molecular flexibility index (Phi) is 6.61. The van der Waals surface area contributed by atoms with E-state index >= 15 is 0 Å². The summed E-state index contributed by atoms with van der Waals surface area (Å²) < 4.78 is 32.7. The number of nitrogens with one attached hydrogen (secondary N) is 1. The predicted octanol–water partition coefficient (Wildman–Crippen LogP) is 2.02. The molecule has 0 aromatic carbocycles. The van der Waals surface area contributed by atoms with Crippen molar-refractivity contribution in [2.75, 3.05) is 18.8 Å². The van der Waals surface area contributed by atoms with Gasteiger partial charge in [0.05, 0.1) is 11.8 Å². The van der Waals surface area contributed by atoms with Crippen LogP contribution in [0.4, 0.5) is 0 Å². The molecule has 0 radical (unpaired) electrons. The second-order valence-corrected chi connectivity index (χ2v) is 8.67. The molecule has 0 aliphatic carbocycles. The van der Waals surface area contributed by atoms with Gasteiger partial charge in [-0.25, -0.2) is 17.7 Å². The third-order valence-corrected chi connectivity index (χ3v) is 6.61. The maximum atomic E-state index is 12.7. The van der Waals surface area contributed by atoms with Crippen molar-refractivity contribution in [2.24, 2.45) is 0 Å². The molecule has 10 heteroatoms. The van der Waals surface area contributed by atoms with E-state index in [4.69, 9.17) is 16.3 Å². The molecule has 0 unspecified atom stereocenters. The molecule has 2 aromatic heterocycles. The zero-order valence-electron chi connectivity index (χ0n) is 14.5. The van der Waals surface area contributed by atoms with E-state index in [2.05, 4.69) is 15.4 Å². The van der Waals surface area contributed by atoms with Crippen LogP contribution in [0.5, 0.6) is 5.88 Å². The molecule has 0 amide bonds. The highest BCUT2D eigenvalue weighted by Gasteiger charge is 2.31. The van der Waals surface area contributed by atoms with Crippen LogP contribution >= 0.6 is 11.6 Å². The molecule has 0 saturated carbocycles. The predicted molar refractivity (Wildman–Crippen MR) is 100 cm³/mol. The van der Waals surface area contributed by atoms with Crippen molar-refractivity contribution in [3.05, 3.63) is 53.4 Å². The lowest BCUT2D eigenvalue weighted by Gasteiger charge is -2.32. The van der Waals surface area contributed by atoms with Crippen LogP contribution in [0.3, 0.4) is 0 Å². The lowest BCUT2D eigenvalue weighted by molar-refractivity contribution is 0.125. The molecule has 146 valence electrons. The van der Waals surface area contributed by atoms with Crippen molar-refractivity contribution >= 4 is 21.6 Å². The molecule has 1 fully saturated rings. The van der Waals surface area contributed by atoms with E-state index in [-0.39, 0.29) is 11.9 Å². The molecule has 3 heterocycles. The number of hydroxylamine groups is 1. The third kappa shape index (κ3) is 5.14. The van der Waals surface area contributed by atoms with Gasteiger partial charge in [0, 0.05) is 31.7 Å². The Morgan fingerprint density at radius 2 is 2.04 bits per heavy atom. The number of pyridine rings is 2. The van der Waals surface area contributed by atoms with Gasteiger partial charge in [0.2, 0.25) is 15.9 Å². The second-order valence-electron chi connectivity index (χ2n) is 6.25. The Morgan fingerprint density at radius 3 is 2.67 bits per heavy atom. The number of piperidine rings is 1. The van der Waals surface area contributed by atoms with Gasteiger partial charge in [0.1, 0.15) is 11.1 Å². The summed E-state index contributed by atoms with van der Waals surface area (Å²) in [5, 5.41) is 9.80. The van der Waals surface area contributed by atoms with Crippen molar-refractivity contribution in [1.29, 1.82) is 0 Å². The Bertz CT molecular complexity index is 845. The van der Waals surface area contributed by atoms with Crippen molar-refractivity contribution < 1.29 is 18.4 Å². The zero-order chi connectivity index (χ0) is 19.3. The standard InChI is InChI=1S/C17H21ClN4O4S/c18-15-4-2-8-20-17(15)26-14-5-9-22(10-6-14)27(24,25)12-16(21-23)13-3-1-7-19-11-13/h1-4,7-8,11,14,16,21,23H,5-6,9-10,12H2/t16-/m0/s1. The van der Waals surface area contributed by atoms with Crippen LogP contribution in [-0.2, 0) is 10.0 Å². The summed E-state index contributed by atoms with van der Waals surface area (Å²) in [5.74, 6) is 0.105. The maximum Gasteiger partial charge on any atom is 0.232 e. The lowest BCUT2D eigenvalue weighted by atomic mass is 10.1. The summed E-state index contributed by atoms with van der Waals surface area (Å²) in [6, 6.07) is 6.08. The number of rotatable bonds is 7. The summed E-state index contributed by atoms with van der Waals surface area (Å²) in [6.45, 7) is 0.672. The number of aromatic nitrogens is 2. The minimum absolute atomic E-state index is 0.145. The summed E-state index contributed by atoms with van der Waals surface area (Å²) in [5.41, 5.74) is 2.67. The van der Waals surface area contributed by atoms with Gasteiger partial charge in [-0.15, -0.1) is 0 Å². The highest BCUT2D eigenvalue weighted by molar-refractivity contribution is 7.89. The summed E-state index contributed by atoms with van der Waals surface area (Å²) >= 11 is 6.05. The van der Waals surface area contributed by atoms with Crippen LogP contribution in [-0.4, -0.2) is 52.8 Å². The molecule has 2 N–H and O–H groups in total. The molecule has 27 heavy (non-hydrogen) atoms. The van der Waals surface area contributed by atoms with E-state index in [0.29, 0.717) is 42.4 Å². The van der Waals surface area contributed by atoms with Gasteiger partial charge in [-0.05, 0) is 36.6 Å². The normalized spacial score (nSPS) is 17.6. The van der Waals surface area contributed by atoms with Gasteiger partial charge in [-0.3, -0.25) is 4.98 Å². The molecule has 2 aromatic rings. The van der Waals surface area contributed by atoms with Crippen LogP contribution in [0.2, 0.25) is 5.02 Å². The van der Waals surface area contributed by atoms with Crippen LogP contribution in [0.15, 0.2) is 42.9 Å². The SMILES string of the molecule is O=S(=O)(C[C@H](NO)c1cccnc1)N1CCC(Oc2ncccc2Cl)CC1. The van der Waals surface area contributed by atoms with Gasteiger partial charge < -0.3 is 9.94 Å². The molecular weight excluding hydrogens is 392 g/mol. The van der Waals surface area contributed by atoms with Gasteiger partial charge in [-0.2, -0.15) is 5.48 Å². The first-order valence-corrected chi connectivity index (χ1v) is 10.5. The molecule has 1 aliphatic rings. The van der Waals surface area contributed by atoms with E-state index in [1.54, 1.807) is 36.7 Å². The average molecular weight is 413 g/mol. The quantitative estimate of drug-likeness (QED) is 0.670. The molecule has 0 bridgehead atoms. The van der Waals surface area contributed by atoms with E-state index in [9.17, 15) is 13.6 Å². The first-order valence-electron chi connectivity index (χ1n) is 8.54. The smallest absolute Gasteiger partial charge is 0.232 e. The molecule has 8 nitrogen and oxygen atoms in total. The molecule has 1 aliphatic heterocycles. The Morgan fingerprint density at radius 1 is 1.30 bits per heavy atom. The maximum absolute atomic E-state index is 12.7. The minimum atomic E-state index is -3.56. The van der Waals surface area contributed by atoms with E-state index < -0.39 is 16.1 Å². The minimum Gasteiger partial charge on any atom is -0.473 e. The van der Waals surface area contributed by atoms with Crippen LogP contribution in [0, 0.1) is 0 Å². The fourth-order valence-electron chi connectivity index (χ4n) is 2.95. The largest absolute Gasteiger partial charge is 0.473 e. The number of hydrogen-bond donors (Lipinski definition) is 2. The van der Waals surface area contributed by atoms with Gasteiger partial charge in [0.15, 0.2) is 0 Å². The van der Waals surface area contributed by atoms with Crippen molar-refractivity contribution in [2.45, 2.75) is 25.0 Å². The summed E-state index contributed by atoms with van der Waals surface area (Å²) in [7, 11) is -3.56. The Labute approximate surface area is 163 Å². The first kappa shape index (κ1) is 20.0. The molecule has 1 atom stereocenters. The highest BCUT2D eigenvalue weighted by Crippen LogP contribution is 2.26. The van der Waals surface area contributed by atoms with Gasteiger partial charge in [0.25, 0.3) is 0 Å². The molecule has 1 saturated heterocycles. The Balaban J connectivity index is 1.58. The number of hydrogen-bond acceptors (Lipinski definition) is 7. The van der Waals surface area contributed by atoms with Gasteiger partial charge in [-0.1, -0.05) is 17.7 Å². The fourth-order valence-corrected chi connectivity index (χ4v) is 4.78. The third-order valence-electron chi connectivity index (χ3n) is 4.42. The lowest BCUT2D eigenvalue weighted by Crippen LogP contribution is -2.44. The van der Waals surface area contributed by atoms with Crippen molar-refractivity contribution in [3.63, 3.8) is 0 Å². The first-order chi connectivity index (χ1) is 13.0. The van der Waals surface area contributed by atoms with E-state index in [1.807, 2.05) is 0 Å². The average Bonchev–Trinajstić information content (AvgIpc) is 2.69. The van der Waals surface area contributed by atoms with Crippen LogP contribution < -0.4 is 10.2 Å². The topological polar surface area (TPSA) is 105 Å². The van der Waals surface area contributed by atoms with Crippen LogP contribution in [0.1, 0.15) is 24.4 Å². The summed E-state index contributed by atoms with van der Waals surface area (Å²) in [4.78, 5) is 8.06. The van der Waals surface area contributed by atoms with Crippen LogP contribution in [0.25, 0.3) is 0 Å². The monoisotopic (exact) mass is 412 g/mol. The Hall–Kier alpha value is -1.78. The zero-order valence-corrected chi connectivity index (χ0v) is 16.1. The van der Waals surface area contributed by atoms with Crippen molar-refractivity contribution in [1.82, 2.24) is 19.8 Å².